The number of ether oxygens (including phenoxy) is 1. The second kappa shape index (κ2) is 5.06. The molecule has 4 heteroatoms. The molecule has 2 atom stereocenters. The summed E-state index contributed by atoms with van der Waals surface area (Å²) in [6, 6.07) is 6.71. The highest BCUT2D eigenvalue weighted by atomic mass is 19.1. The maximum absolute atomic E-state index is 13.7. The lowest BCUT2D eigenvalue weighted by Crippen LogP contribution is -2.35. The second-order valence-electron chi connectivity index (χ2n) is 5.13. The highest BCUT2D eigenvalue weighted by Crippen LogP contribution is 2.36. The first kappa shape index (κ1) is 13.0. The van der Waals surface area contributed by atoms with Gasteiger partial charge in [-0.05, 0) is 23.5 Å². The van der Waals surface area contributed by atoms with Gasteiger partial charge in [-0.15, -0.1) is 0 Å². The van der Waals surface area contributed by atoms with Crippen LogP contribution >= 0.6 is 0 Å². The van der Waals surface area contributed by atoms with Gasteiger partial charge in [0.05, 0.1) is 13.0 Å². The van der Waals surface area contributed by atoms with Gasteiger partial charge in [-0.2, -0.15) is 0 Å². The summed E-state index contributed by atoms with van der Waals surface area (Å²) in [7, 11) is 1.39. The summed E-state index contributed by atoms with van der Waals surface area (Å²) >= 11 is 0. The number of hydrogen-bond acceptors (Lipinski definition) is 3. The Balaban J connectivity index is 2.21. The van der Waals surface area contributed by atoms with Crippen molar-refractivity contribution in [1.29, 1.82) is 0 Å². The normalized spacial score (nSPS) is 27.2. The molecule has 1 aliphatic heterocycles. The predicted molar refractivity (Wildman–Crippen MR) is 66.6 cm³/mol. The van der Waals surface area contributed by atoms with Crippen molar-refractivity contribution in [3.63, 3.8) is 0 Å². The maximum Gasteiger partial charge on any atom is 0.310 e. The Morgan fingerprint density at radius 1 is 1.56 bits per heavy atom. The van der Waals surface area contributed by atoms with Crippen molar-refractivity contribution >= 4 is 5.97 Å². The molecule has 1 aliphatic rings. The van der Waals surface area contributed by atoms with Gasteiger partial charge >= 0.3 is 5.97 Å². The summed E-state index contributed by atoms with van der Waals surface area (Å²) in [5.74, 6) is -0.657. The smallest absolute Gasteiger partial charge is 0.310 e. The van der Waals surface area contributed by atoms with Crippen molar-refractivity contribution in [3.8, 4) is 0 Å². The fourth-order valence-electron chi connectivity index (χ4n) is 2.64. The quantitative estimate of drug-likeness (QED) is 0.832. The van der Waals surface area contributed by atoms with Gasteiger partial charge < -0.3 is 10.1 Å². The molecule has 18 heavy (non-hydrogen) atoms. The van der Waals surface area contributed by atoms with E-state index in [0.29, 0.717) is 25.1 Å². The zero-order valence-electron chi connectivity index (χ0n) is 10.7. The van der Waals surface area contributed by atoms with Gasteiger partial charge in [0, 0.05) is 13.1 Å². The summed E-state index contributed by atoms with van der Waals surface area (Å²) in [5.41, 5.74) is 0.354. The minimum atomic E-state index is -0.296. The van der Waals surface area contributed by atoms with E-state index < -0.39 is 0 Å². The predicted octanol–water partition coefficient (Wildman–Crippen LogP) is 1.77. The standard InChI is InChI=1S/C14H18FNO2/c1-14(7-10-5-3-4-6-12(10)15)9-16-8-11(14)13(17)18-2/h3-6,11,16H,7-9H2,1-2H3. The van der Waals surface area contributed by atoms with Gasteiger partial charge in [-0.25, -0.2) is 4.39 Å². The lowest BCUT2D eigenvalue weighted by Gasteiger charge is -2.29. The monoisotopic (exact) mass is 251 g/mol. The average molecular weight is 251 g/mol. The molecule has 0 bridgehead atoms. The van der Waals surface area contributed by atoms with Crippen molar-refractivity contribution in [1.82, 2.24) is 5.32 Å². The lowest BCUT2D eigenvalue weighted by atomic mass is 9.75. The van der Waals surface area contributed by atoms with Gasteiger partial charge in [-0.1, -0.05) is 25.1 Å². The van der Waals surface area contributed by atoms with Gasteiger partial charge in [-0.3, -0.25) is 4.79 Å². The van der Waals surface area contributed by atoms with E-state index in [1.807, 2.05) is 13.0 Å². The molecule has 1 aromatic rings. The van der Waals surface area contributed by atoms with Gasteiger partial charge in [0.15, 0.2) is 0 Å². The van der Waals surface area contributed by atoms with E-state index in [1.165, 1.54) is 13.2 Å². The third kappa shape index (κ3) is 2.38. The van der Waals surface area contributed by atoms with Crippen LogP contribution in [0.2, 0.25) is 0 Å². The molecule has 1 N–H and O–H groups in total. The molecule has 0 radical (unpaired) electrons. The van der Waals surface area contributed by atoms with Crippen LogP contribution in [0.4, 0.5) is 4.39 Å². The van der Waals surface area contributed by atoms with Crippen molar-refractivity contribution in [3.05, 3.63) is 35.6 Å². The van der Waals surface area contributed by atoms with Crippen LogP contribution in [0, 0.1) is 17.2 Å². The van der Waals surface area contributed by atoms with Crippen LogP contribution < -0.4 is 5.32 Å². The number of hydrogen-bond donors (Lipinski definition) is 1. The van der Waals surface area contributed by atoms with E-state index >= 15 is 0 Å². The van der Waals surface area contributed by atoms with Crippen LogP contribution in [0.3, 0.4) is 0 Å². The Labute approximate surface area is 106 Å². The summed E-state index contributed by atoms with van der Waals surface area (Å²) in [6.45, 7) is 3.29. The molecular formula is C14H18FNO2. The molecule has 0 spiro atoms. The van der Waals surface area contributed by atoms with Crippen LogP contribution in [0.25, 0.3) is 0 Å². The highest BCUT2D eigenvalue weighted by Gasteiger charge is 2.44. The van der Waals surface area contributed by atoms with Crippen LogP contribution in [-0.4, -0.2) is 26.2 Å². The Morgan fingerprint density at radius 2 is 2.28 bits per heavy atom. The summed E-state index contributed by atoms with van der Waals surface area (Å²) in [4.78, 5) is 11.7. The number of carbonyl (C=O) groups is 1. The summed E-state index contributed by atoms with van der Waals surface area (Å²) < 4.78 is 18.5. The molecule has 2 unspecified atom stereocenters. The number of halogens is 1. The molecule has 1 fully saturated rings. The third-order valence-electron chi connectivity index (χ3n) is 3.76. The van der Waals surface area contributed by atoms with Gasteiger partial charge in [0.2, 0.25) is 0 Å². The SMILES string of the molecule is COC(=O)C1CNCC1(C)Cc1ccccc1F. The van der Waals surface area contributed by atoms with Crippen LogP contribution in [0.1, 0.15) is 12.5 Å². The molecule has 0 amide bonds. The number of carbonyl (C=O) groups excluding carboxylic acids is 1. The molecule has 0 aliphatic carbocycles. The van der Waals surface area contributed by atoms with Crippen LogP contribution in [0.15, 0.2) is 24.3 Å². The lowest BCUT2D eigenvalue weighted by molar-refractivity contribution is -0.148. The highest BCUT2D eigenvalue weighted by molar-refractivity contribution is 5.74. The van der Waals surface area contributed by atoms with E-state index in [-0.39, 0.29) is 23.1 Å². The first-order valence-corrected chi connectivity index (χ1v) is 6.09. The summed E-state index contributed by atoms with van der Waals surface area (Å²) in [6.07, 6.45) is 0.534. The molecule has 3 nitrogen and oxygen atoms in total. The minimum Gasteiger partial charge on any atom is -0.469 e. The fourth-order valence-corrected chi connectivity index (χ4v) is 2.64. The molecule has 0 saturated carbocycles. The first-order chi connectivity index (χ1) is 8.57. The Morgan fingerprint density at radius 3 is 2.94 bits per heavy atom. The van der Waals surface area contributed by atoms with Crippen LogP contribution in [0.5, 0.6) is 0 Å². The number of benzene rings is 1. The van der Waals surface area contributed by atoms with Crippen molar-refractivity contribution in [2.45, 2.75) is 13.3 Å². The van der Waals surface area contributed by atoms with E-state index in [4.69, 9.17) is 4.74 Å². The molecule has 2 rings (SSSR count). The number of rotatable bonds is 3. The van der Waals surface area contributed by atoms with Crippen molar-refractivity contribution in [2.24, 2.45) is 11.3 Å². The van der Waals surface area contributed by atoms with Crippen LogP contribution in [-0.2, 0) is 16.0 Å². The average Bonchev–Trinajstić information content (AvgIpc) is 2.73. The third-order valence-corrected chi connectivity index (χ3v) is 3.76. The fraction of sp³-hybridized carbons (Fsp3) is 0.500. The van der Waals surface area contributed by atoms with E-state index in [1.54, 1.807) is 12.1 Å². The first-order valence-electron chi connectivity index (χ1n) is 6.09. The Hall–Kier alpha value is -1.42. The maximum atomic E-state index is 13.7. The largest absolute Gasteiger partial charge is 0.469 e. The Bertz CT molecular complexity index is 449. The van der Waals surface area contributed by atoms with E-state index in [2.05, 4.69) is 5.32 Å². The zero-order chi connectivity index (χ0) is 13.2. The number of esters is 1. The minimum absolute atomic E-state index is 0.214. The van der Waals surface area contributed by atoms with Crippen molar-refractivity contribution in [2.75, 3.05) is 20.2 Å². The molecule has 0 aromatic heterocycles. The second-order valence-corrected chi connectivity index (χ2v) is 5.13. The summed E-state index contributed by atoms with van der Waals surface area (Å²) in [5, 5.41) is 3.19. The molecule has 98 valence electrons. The number of methoxy groups -OCH3 is 1. The van der Waals surface area contributed by atoms with E-state index in [0.717, 1.165) is 0 Å². The number of nitrogens with one attached hydrogen (secondary N) is 1. The molecule has 1 saturated heterocycles. The van der Waals surface area contributed by atoms with Crippen molar-refractivity contribution < 1.29 is 13.9 Å². The molecular weight excluding hydrogens is 233 g/mol. The van der Waals surface area contributed by atoms with Gasteiger partial charge in [0.1, 0.15) is 5.82 Å². The Kier molecular flexibility index (Phi) is 3.66. The molecule has 1 aromatic carbocycles. The molecule has 1 heterocycles. The zero-order valence-corrected chi connectivity index (χ0v) is 10.7. The van der Waals surface area contributed by atoms with E-state index in [9.17, 15) is 9.18 Å². The van der Waals surface area contributed by atoms with Gasteiger partial charge in [0.25, 0.3) is 0 Å². The topological polar surface area (TPSA) is 38.3 Å².